The second-order valence-corrected chi connectivity index (χ2v) is 5.06. The van der Waals surface area contributed by atoms with E-state index in [0.29, 0.717) is 5.75 Å². The lowest BCUT2D eigenvalue weighted by molar-refractivity contribution is 0.0979. The van der Waals surface area contributed by atoms with Crippen molar-refractivity contribution in [1.29, 1.82) is 0 Å². The molecule has 0 bridgehead atoms. The van der Waals surface area contributed by atoms with Gasteiger partial charge in [0.25, 0.3) is 0 Å². The Morgan fingerprint density at radius 3 is 2.73 bits per heavy atom. The quantitative estimate of drug-likeness (QED) is 0.678. The van der Waals surface area contributed by atoms with Gasteiger partial charge in [0.05, 0.1) is 5.56 Å². The summed E-state index contributed by atoms with van der Waals surface area (Å²) in [5.74, 6) is -1.02. The molecule has 0 radical (unpaired) electrons. The van der Waals surface area contributed by atoms with E-state index in [1.807, 2.05) is 6.92 Å². The first-order chi connectivity index (χ1) is 7.09. The number of halogens is 2. The van der Waals surface area contributed by atoms with Crippen molar-refractivity contribution < 1.29 is 13.6 Å². The van der Waals surface area contributed by atoms with Crippen LogP contribution in [0.5, 0.6) is 0 Å². The Balaban J connectivity index is 2.57. The van der Waals surface area contributed by atoms with Crippen molar-refractivity contribution in [1.82, 2.24) is 0 Å². The number of hydrogen-bond donors (Lipinski definition) is 0. The van der Waals surface area contributed by atoms with Gasteiger partial charge in [0.15, 0.2) is 5.78 Å². The van der Waals surface area contributed by atoms with Crippen molar-refractivity contribution in [3.05, 3.63) is 34.9 Å². The molecule has 0 aliphatic carbocycles. The Hall–Kier alpha value is -0.900. The molecule has 1 aromatic rings. The number of thioether (sulfide) groups is 1. The number of rotatable bonds is 0. The number of carbonyl (C=O) groups is 1. The minimum Gasteiger partial charge on any atom is -0.294 e. The van der Waals surface area contributed by atoms with Crippen LogP contribution in [0.1, 0.15) is 29.3 Å². The number of ketones is 1. The molecule has 80 valence electrons. The molecule has 0 saturated carbocycles. The molecule has 1 unspecified atom stereocenters. The van der Waals surface area contributed by atoms with Gasteiger partial charge in [0.1, 0.15) is 11.6 Å². The van der Waals surface area contributed by atoms with E-state index < -0.39 is 11.6 Å². The van der Waals surface area contributed by atoms with Crippen LogP contribution < -0.4 is 0 Å². The molecule has 0 spiro atoms. The van der Waals surface area contributed by atoms with Crippen LogP contribution in [0, 0.1) is 11.6 Å². The molecule has 0 aromatic heterocycles. The SMILES string of the molecule is CC1CC(=O)c2c(F)ccc(F)c2CS1. The Bertz CT molecular complexity index is 417. The number of Topliss-reactive ketones (excluding diaryl/α,β-unsaturated/α-hetero) is 1. The minimum atomic E-state index is -0.605. The molecule has 0 amide bonds. The van der Waals surface area contributed by atoms with E-state index in [9.17, 15) is 13.6 Å². The van der Waals surface area contributed by atoms with Crippen molar-refractivity contribution in [2.75, 3.05) is 0 Å². The molecule has 0 N–H and O–H groups in total. The Morgan fingerprint density at radius 2 is 2.00 bits per heavy atom. The number of fused-ring (bicyclic) bond motifs is 1. The van der Waals surface area contributed by atoms with Crippen LogP contribution in [0.25, 0.3) is 0 Å². The smallest absolute Gasteiger partial charge is 0.167 e. The zero-order valence-electron chi connectivity index (χ0n) is 8.22. The largest absolute Gasteiger partial charge is 0.294 e. The van der Waals surface area contributed by atoms with Gasteiger partial charge in [-0.05, 0) is 12.1 Å². The number of carbonyl (C=O) groups excluding carboxylic acids is 1. The summed E-state index contributed by atoms with van der Waals surface area (Å²) in [4.78, 5) is 11.7. The molecule has 1 aliphatic rings. The highest BCUT2D eigenvalue weighted by Gasteiger charge is 2.25. The van der Waals surface area contributed by atoms with Crippen LogP contribution in [-0.2, 0) is 5.75 Å². The summed E-state index contributed by atoms with van der Waals surface area (Å²) < 4.78 is 26.8. The van der Waals surface area contributed by atoms with E-state index in [0.717, 1.165) is 12.1 Å². The van der Waals surface area contributed by atoms with E-state index in [-0.39, 0.29) is 28.6 Å². The van der Waals surface area contributed by atoms with Gasteiger partial charge in [-0.2, -0.15) is 11.8 Å². The number of benzene rings is 1. The van der Waals surface area contributed by atoms with Crippen LogP contribution in [0.4, 0.5) is 8.78 Å². The molecule has 1 atom stereocenters. The standard InChI is InChI=1S/C11H10F2OS/c1-6-4-10(14)11-7(5-15-6)8(12)2-3-9(11)13/h2-3,6H,4-5H2,1H3. The van der Waals surface area contributed by atoms with Crippen LogP contribution in [0.2, 0.25) is 0 Å². The lowest BCUT2D eigenvalue weighted by Crippen LogP contribution is -2.08. The minimum absolute atomic E-state index is 0.0492. The van der Waals surface area contributed by atoms with Crippen molar-refractivity contribution in [2.45, 2.75) is 24.3 Å². The zero-order chi connectivity index (χ0) is 11.0. The van der Waals surface area contributed by atoms with Crippen molar-refractivity contribution in [3.8, 4) is 0 Å². The summed E-state index contributed by atoms with van der Waals surface area (Å²) in [5, 5.41) is 0.115. The van der Waals surface area contributed by atoms with E-state index in [4.69, 9.17) is 0 Å². The van der Waals surface area contributed by atoms with Crippen LogP contribution in [0.15, 0.2) is 12.1 Å². The molecule has 0 saturated heterocycles. The van der Waals surface area contributed by atoms with Crippen LogP contribution in [-0.4, -0.2) is 11.0 Å². The third-order valence-corrected chi connectivity index (χ3v) is 3.66. The molecule has 1 aromatic carbocycles. The lowest BCUT2D eigenvalue weighted by atomic mass is 10.0. The third-order valence-electron chi connectivity index (χ3n) is 2.47. The maximum absolute atomic E-state index is 13.4. The van der Waals surface area contributed by atoms with Crippen molar-refractivity contribution >= 4 is 17.5 Å². The van der Waals surface area contributed by atoms with Gasteiger partial charge in [-0.15, -0.1) is 0 Å². The topological polar surface area (TPSA) is 17.1 Å². The average Bonchev–Trinajstić information content (AvgIpc) is 2.32. The van der Waals surface area contributed by atoms with E-state index >= 15 is 0 Å². The van der Waals surface area contributed by atoms with Crippen molar-refractivity contribution in [2.24, 2.45) is 0 Å². The zero-order valence-corrected chi connectivity index (χ0v) is 9.04. The first kappa shape index (κ1) is 10.6. The maximum atomic E-state index is 13.4. The first-order valence-corrected chi connectivity index (χ1v) is 5.76. The molecule has 1 aliphatic heterocycles. The fraction of sp³-hybridized carbons (Fsp3) is 0.364. The molecular formula is C11H10F2OS. The van der Waals surface area contributed by atoms with E-state index in [1.54, 1.807) is 0 Å². The highest BCUT2D eigenvalue weighted by atomic mass is 32.2. The van der Waals surface area contributed by atoms with Gasteiger partial charge in [0, 0.05) is 23.0 Å². The maximum Gasteiger partial charge on any atom is 0.167 e. The lowest BCUT2D eigenvalue weighted by Gasteiger charge is -2.05. The summed E-state index contributed by atoms with van der Waals surface area (Å²) in [5.41, 5.74) is 0.168. The molecule has 1 heterocycles. The van der Waals surface area contributed by atoms with Gasteiger partial charge in [0.2, 0.25) is 0 Å². The van der Waals surface area contributed by atoms with Crippen molar-refractivity contribution in [3.63, 3.8) is 0 Å². The molecule has 15 heavy (non-hydrogen) atoms. The summed E-state index contributed by atoms with van der Waals surface area (Å²) in [7, 11) is 0. The second kappa shape index (κ2) is 3.93. The molecular weight excluding hydrogens is 218 g/mol. The van der Waals surface area contributed by atoms with Gasteiger partial charge < -0.3 is 0 Å². The molecule has 4 heteroatoms. The highest BCUT2D eigenvalue weighted by Crippen LogP contribution is 2.31. The Morgan fingerprint density at radius 1 is 1.33 bits per heavy atom. The normalized spacial score (nSPS) is 21.0. The molecule has 0 fully saturated rings. The fourth-order valence-electron chi connectivity index (χ4n) is 1.68. The molecule has 1 nitrogen and oxygen atoms in total. The fourth-order valence-corrected chi connectivity index (χ4v) is 2.69. The van der Waals surface area contributed by atoms with Gasteiger partial charge in [-0.25, -0.2) is 8.78 Å². The average molecular weight is 228 g/mol. The number of hydrogen-bond acceptors (Lipinski definition) is 2. The second-order valence-electron chi connectivity index (χ2n) is 3.63. The Kier molecular flexibility index (Phi) is 2.78. The summed E-state index contributed by atoms with van der Waals surface area (Å²) in [6.45, 7) is 1.89. The van der Waals surface area contributed by atoms with Crippen LogP contribution >= 0.6 is 11.8 Å². The molecule has 2 rings (SSSR count). The van der Waals surface area contributed by atoms with Gasteiger partial charge in [-0.3, -0.25) is 4.79 Å². The summed E-state index contributed by atoms with van der Waals surface area (Å²) in [6, 6.07) is 2.10. The summed E-state index contributed by atoms with van der Waals surface area (Å²) in [6.07, 6.45) is 0.276. The predicted molar refractivity (Wildman–Crippen MR) is 56.1 cm³/mol. The Labute approximate surface area is 90.9 Å². The highest BCUT2D eigenvalue weighted by molar-refractivity contribution is 7.99. The monoisotopic (exact) mass is 228 g/mol. The summed E-state index contributed by atoms with van der Waals surface area (Å²) >= 11 is 1.48. The first-order valence-electron chi connectivity index (χ1n) is 4.71. The predicted octanol–water partition coefficient (Wildman–Crippen LogP) is 3.17. The van der Waals surface area contributed by atoms with Gasteiger partial charge >= 0.3 is 0 Å². The van der Waals surface area contributed by atoms with Gasteiger partial charge in [-0.1, -0.05) is 6.92 Å². The van der Waals surface area contributed by atoms with Crippen LogP contribution in [0.3, 0.4) is 0 Å². The van der Waals surface area contributed by atoms with E-state index in [1.165, 1.54) is 11.8 Å². The third kappa shape index (κ3) is 1.91. The van der Waals surface area contributed by atoms with E-state index in [2.05, 4.69) is 0 Å².